The molecule has 7 heteroatoms. The van der Waals surface area contributed by atoms with Crippen LogP contribution < -0.4 is 20.9 Å². The van der Waals surface area contributed by atoms with Gasteiger partial charge in [-0.2, -0.15) is 0 Å². The number of allylic oxidation sites excluding steroid dienone is 1. The van der Waals surface area contributed by atoms with E-state index in [1.165, 1.54) is 0 Å². The number of nitrogens with one attached hydrogen (secondary N) is 3. The molecule has 4 rings (SSSR count). The molecule has 7 nitrogen and oxygen atoms in total. The average molecular weight is 362 g/mol. The van der Waals surface area contributed by atoms with E-state index in [-0.39, 0.29) is 17.1 Å². The van der Waals surface area contributed by atoms with Crippen molar-refractivity contribution in [3.05, 3.63) is 65.4 Å². The van der Waals surface area contributed by atoms with Gasteiger partial charge < -0.3 is 16.0 Å². The number of benzene rings is 2. The first kappa shape index (κ1) is 17.0. The lowest BCUT2D eigenvalue weighted by Crippen LogP contribution is -2.43. The van der Waals surface area contributed by atoms with Gasteiger partial charge in [0, 0.05) is 29.9 Å². The maximum Gasteiger partial charge on any atom is 0.329 e. The van der Waals surface area contributed by atoms with Crippen molar-refractivity contribution >= 4 is 34.7 Å². The third-order valence-corrected chi connectivity index (χ3v) is 4.59. The van der Waals surface area contributed by atoms with Crippen molar-refractivity contribution in [1.29, 1.82) is 0 Å². The molecule has 2 heterocycles. The van der Waals surface area contributed by atoms with Crippen LogP contribution in [0.1, 0.15) is 15.9 Å². The number of hydrogen-bond donors (Lipinski definition) is 3. The lowest BCUT2D eigenvalue weighted by Gasteiger charge is -2.16. The van der Waals surface area contributed by atoms with E-state index in [2.05, 4.69) is 16.0 Å². The highest BCUT2D eigenvalue weighted by atomic mass is 16.2. The van der Waals surface area contributed by atoms with Gasteiger partial charge in [0.25, 0.3) is 5.91 Å². The molecule has 27 heavy (non-hydrogen) atoms. The molecule has 3 amide bonds. The molecule has 3 N–H and O–H groups in total. The smallest absolute Gasteiger partial charge is 0.329 e. The van der Waals surface area contributed by atoms with Crippen molar-refractivity contribution in [2.75, 3.05) is 30.4 Å². The molecule has 0 unspecified atom stereocenters. The molecular formula is C20H18N4O3. The van der Waals surface area contributed by atoms with Gasteiger partial charge in [0.2, 0.25) is 5.78 Å². The van der Waals surface area contributed by atoms with Gasteiger partial charge in [-0.05, 0) is 25.2 Å². The fourth-order valence-electron chi connectivity index (χ4n) is 3.33. The number of carbonyl (C=O) groups excluding carboxylic acids is 3. The molecule has 0 atom stereocenters. The number of ketones is 1. The van der Waals surface area contributed by atoms with Crippen LogP contribution in [-0.2, 0) is 4.79 Å². The minimum atomic E-state index is -0.513. The van der Waals surface area contributed by atoms with E-state index in [4.69, 9.17) is 0 Å². The number of likely N-dealkylation sites (N-methyl/N-ethyl adjacent to an activating group) is 1. The number of carbonyl (C=O) groups is 3. The van der Waals surface area contributed by atoms with E-state index in [1.54, 1.807) is 49.5 Å². The number of para-hydroxylation sites is 2. The summed E-state index contributed by atoms with van der Waals surface area (Å²) in [6.07, 6.45) is 0. The predicted octanol–water partition coefficient (Wildman–Crippen LogP) is 1.98. The van der Waals surface area contributed by atoms with Gasteiger partial charge in [-0.3, -0.25) is 9.59 Å². The third-order valence-electron chi connectivity index (χ3n) is 4.59. The Hall–Kier alpha value is -3.45. The number of imide groups is 1. The first-order valence-corrected chi connectivity index (χ1v) is 8.65. The van der Waals surface area contributed by atoms with Gasteiger partial charge in [-0.25, -0.2) is 9.69 Å². The zero-order valence-electron chi connectivity index (χ0n) is 14.7. The monoisotopic (exact) mass is 362 g/mol. The highest BCUT2D eigenvalue weighted by molar-refractivity contribution is 6.44. The molecule has 2 aromatic carbocycles. The number of nitrogens with zero attached hydrogens (tertiary/aromatic N) is 1. The van der Waals surface area contributed by atoms with Gasteiger partial charge in [0.05, 0.1) is 11.3 Å². The fraction of sp³-hybridized carbons (Fsp3) is 0.150. The molecule has 0 saturated heterocycles. The summed E-state index contributed by atoms with van der Waals surface area (Å²) in [6.45, 7) is 0.967. The summed E-state index contributed by atoms with van der Waals surface area (Å²) >= 11 is 0. The molecule has 0 radical (unpaired) electrons. The first-order chi connectivity index (χ1) is 13.1. The number of urea groups is 1. The van der Waals surface area contributed by atoms with Crippen LogP contribution in [0, 0.1) is 0 Å². The third kappa shape index (κ3) is 2.69. The molecular weight excluding hydrogens is 344 g/mol. The number of rotatable bonds is 3. The number of hydrogen-bond acceptors (Lipinski definition) is 5. The second kappa shape index (κ2) is 6.69. The number of anilines is 2. The minimum Gasteiger partial charge on any atom is -0.351 e. The highest BCUT2D eigenvalue weighted by Gasteiger charge is 2.41. The molecule has 0 saturated carbocycles. The van der Waals surface area contributed by atoms with E-state index in [0.717, 1.165) is 4.90 Å². The normalized spacial score (nSPS) is 17.6. The topological polar surface area (TPSA) is 90.5 Å². The predicted molar refractivity (Wildman–Crippen MR) is 103 cm³/mol. The molecule has 0 spiro atoms. The Morgan fingerprint density at radius 1 is 1.00 bits per heavy atom. The van der Waals surface area contributed by atoms with Crippen LogP contribution in [-0.4, -0.2) is 37.9 Å². The Bertz CT molecular complexity index is 996. The Labute approximate surface area is 156 Å². The Kier molecular flexibility index (Phi) is 4.21. The zero-order valence-corrected chi connectivity index (χ0v) is 14.7. The summed E-state index contributed by atoms with van der Waals surface area (Å²) in [6, 6.07) is 13.6. The summed E-state index contributed by atoms with van der Waals surface area (Å²) in [5, 5.41) is 8.69. The molecule has 0 aliphatic carbocycles. The van der Waals surface area contributed by atoms with Crippen LogP contribution in [0.5, 0.6) is 0 Å². The second-order valence-electron chi connectivity index (χ2n) is 6.24. The quantitative estimate of drug-likeness (QED) is 0.574. The van der Waals surface area contributed by atoms with E-state index in [0.29, 0.717) is 35.6 Å². The fourth-order valence-corrected chi connectivity index (χ4v) is 3.33. The first-order valence-electron chi connectivity index (χ1n) is 8.65. The van der Waals surface area contributed by atoms with Gasteiger partial charge in [0.1, 0.15) is 5.70 Å². The Morgan fingerprint density at radius 3 is 2.44 bits per heavy atom. The Balaban J connectivity index is 1.77. The highest BCUT2D eigenvalue weighted by Crippen LogP contribution is 2.41. The maximum atomic E-state index is 13.1. The van der Waals surface area contributed by atoms with Gasteiger partial charge in [0.15, 0.2) is 0 Å². The van der Waals surface area contributed by atoms with Crippen LogP contribution in [0.2, 0.25) is 0 Å². The van der Waals surface area contributed by atoms with Crippen LogP contribution >= 0.6 is 0 Å². The minimum absolute atomic E-state index is 0.208. The van der Waals surface area contributed by atoms with Crippen LogP contribution in [0.15, 0.2) is 54.2 Å². The summed E-state index contributed by atoms with van der Waals surface area (Å²) < 4.78 is 0. The number of fused-ring (bicyclic) bond motifs is 2. The standard InChI is InChI=1S/C20H18N4O3/c1-21-10-11-22-20(27)24-15-9-5-3-7-13(15)16(19(24)26)17-18(25)12-6-2-4-8-14(12)23-17/h2-9,21,23H,10-11H2,1H3,(H,22,27)/b17-16-. The van der Waals surface area contributed by atoms with Gasteiger partial charge >= 0.3 is 6.03 Å². The lowest BCUT2D eigenvalue weighted by atomic mass is 10.0. The van der Waals surface area contributed by atoms with E-state index < -0.39 is 11.9 Å². The average Bonchev–Trinajstić information content (AvgIpc) is 3.15. The summed E-state index contributed by atoms with van der Waals surface area (Å²) in [5.74, 6) is -0.761. The molecule has 2 aliphatic rings. The van der Waals surface area contributed by atoms with E-state index >= 15 is 0 Å². The van der Waals surface area contributed by atoms with Crippen molar-refractivity contribution in [3.63, 3.8) is 0 Å². The van der Waals surface area contributed by atoms with Crippen LogP contribution in [0.25, 0.3) is 5.57 Å². The van der Waals surface area contributed by atoms with Crippen molar-refractivity contribution in [2.24, 2.45) is 0 Å². The number of amides is 3. The van der Waals surface area contributed by atoms with E-state index in [9.17, 15) is 14.4 Å². The largest absolute Gasteiger partial charge is 0.351 e. The molecule has 0 bridgehead atoms. The maximum absolute atomic E-state index is 13.1. The summed E-state index contributed by atoms with van der Waals surface area (Å²) in [4.78, 5) is 39.6. The van der Waals surface area contributed by atoms with Gasteiger partial charge in [-0.15, -0.1) is 0 Å². The summed E-state index contributed by atoms with van der Waals surface area (Å²) in [7, 11) is 1.78. The summed E-state index contributed by atoms with van der Waals surface area (Å²) in [5.41, 5.74) is 2.64. The lowest BCUT2D eigenvalue weighted by molar-refractivity contribution is -0.112. The molecule has 0 aromatic heterocycles. The van der Waals surface area contributed by atoms with Crippen LogP contribution in [0.3, 0.4) is 0 Å². The SMILES string of the molecule is CNCCNC(=O)N1C(=O)/C(=C2\Nc3ccccc3C2=O)c2ccccc21. The molecule has 2 aliphatic heterocycles. The van der Waals surface area contributed by atoms with Crippen molar-refractivity contribution in [1.82, 2.24) is 10.6 Å². The van der Waals surface area contributed by atoms with Gasteiger partial charge in [-0.1, -0.05) is 30.3 Å². The van der Waals surface area contributed by atoms with Crippen molar-refractivity contribution in [2.45, 2.75) is 0 Å². The molecule has 2 aromatic rings. The molecule has 136 valence electrons. The number of Topliss-reactive ketones (excluding diaryl/α,β-unsaturated/α-hetero) is 1. The van der Waals surface area contributed by atoms with Crippen LogP contribution in [0.4, 0.5) is 16.2 Å². The van der Waals surface area contributed by atoms with Crippen molar-refractivity contribution in [3.8, 4) is 0 Å². The second-order valence-corrected chi connectivity index (χ2v) is 6.24. The Morgan fingerprint density at radius 2 is 1.70 bits per heavy atom. The zero-order chi connectivity index (χ0) is 19.0. The van der Waals surface area contributed by atoms with E-state index in [1.807, 2.05) is 6.07 Å². The molecule has 0 fully saturated rings. The van der Waals surface area contributed by atoms with Crippen molar-refractivity contribution < 1.29 is 14.4 Å².